The van der Waals surface area contributed by atoms with Crippen molar-refractivity contribution in [2.75, 3.05) is 13.2 Å². The summed E-state index contributed by atoms with van der Waals surface area (Å²) >= 11 is 5.32. The second-order valence-corrected chi connectivity index (χ2v) is 7.01. The average molecular weight is 282 g/mol. The van der Waals surface area contributed by atoms with Gasteiger partial charge in [0.2, 0.25) is 0 Å². The highest BCUT2D eigenvalue weighted by molar-refractivity contribution is 8.07. The van der Waals surface area contributed by atoms with Crippen molar-refractivity contribution in [3.63, 3.8) is 0 Å². The molecular weight excluding hydrogens is 255 g/mol. The lowest BCUT2D eigenvalue weighted by molar-refractivity contribution is 0.123. The predicted molar refractivity (Wildman–Crippen MR) is 76.8 cm³/mol. The lowest BCUT2D eigenvalue weighted by Gasteiger charge is -2.24. The van der Waals surface area contributed by atoms with Gasteiger partial charge in [-0.3, -0.25) is 0 Å². The number of rotatable bonds is 11. The molecule has 0 aliphatic heterocycles. The molecule has 0 aliphatic rings. The van der Waals surface area contributed by atoms with Gasteiger partial charge in [-0.15, -0.1) is 0 Å². The van der Waals surface area contributed by atoms with Gasteiger partial charge in [-0.2, -0.15) is 0 Å². The van der Waals surface area contributed by atoms with Crippen LogP contribution in [0.3, 0.4) is 0 Å². The molecule has 0 radical (unpaired) electrons. The Labute approximate surface area is 111 Å². The second-order valence-electron chi connectivity index (χ2n) is 4.05. The van der Waals surface area contributed by atoms with Gasteiger partial charge in [0.1, 0.15) is 0 Å². The highest BCUT2D eigenvalue weighted by atomic mass is 32.5. The fraction of sp³-hybridized carbons (Fsp3) is 1.00. The standard InChI is InChI=1S/C12H27O3PS/c1-5-8-9-10-11-12(4)15-16(17,13-6-2)14-7-3/h12H,5-11H2,1-4H3. The lowest BCUT2D eigenvalue weighted by atomic mass is 10.1. The Morgan fingerprint density at radius 1 is 1.00 bits per heavy atom. The van der Waals surface area contributed by atoms with Gasteiger partial charge >= 0.3 is 6.72 Å². The molecule has 0 saturated carbocycles. The zero-order valence-electron chi connectivity index (χ0n) is 11.6. The summed E-state index contributed by atoms with van der Waals surface area (Å²) in [4.78, 5) is 0. The Balaban J connectivity index is 3.95. The minimum Gasteiger partial charge on any atom is -0.309 e. The molecule has 0 aromatic carbocycles. The van der Waals surface area contributed by atoms with Crippen molar-refractivity contribution >= 4 is 18.5 Å². The Kier molecular flexibility index (Phi) is 10.8. The molecule has 0 heterocycles. The quantitative estimate of drug-likeness (QED) is 0.407. The van der Waals surface area contributed by atoms with Crippen LogP contribution in [0.25, 0.3) is 0 Å². The normalized spacial score (nSPS) is 13.9. The fourth-order valence-electron chi connectivity index (χ4n) is 1.55. The van der Waals surface area contributed by atoms with Crippen molar-refractivity contribution in [1.29, 1.82) is 0 Å². The number of hydrogen-bond donors (Lipinski definition) is 0. The summed E-state index contributed by atoms with van der Waals surface area (Å²) < 4.78 is 16.7. The Bertz CT molecular complexity index is 214. The van der Waals surface area contributed by atoms with Crippen LogP contribution in [0.1, 0.15) is 59.8 Å². The topological polar surface area (TPSA) is 27.7 Å². The third kappa shape index (κ3) is 9.15. The first kappa shape index (κ1) is 17.5. The van der Waals surface area contributed by atoms with E-state index in [1.54, 1.807) is 0 Å². The molecule has 1 unspecified atom stereocenters. The molecule has 0 fully saturated rings. The molecule has 104 valence electrons. The minimum atomic E-state index is -2.50. The van der Waals surface area contributed by atoms with Crippen LogP contribution in [0.15, 0.2) is 0 Å². The second kappa shape index (κ2) is 10.5. The largest absolute Gasteiger partial charge is 0.327 e. The molecule has 3 nitrogen and oxygen atoms in total. The smallest absolute Gasteiger partial charge is 0.309 e. The average Bonchev–Trinajstić information content (AvgIpc) is 2.24. The first-order chi connectivity index (χ1) is 8.08. The highest BCUT2D eigenvalue weighted by Crippen LogP contribution is 2.51. The molecule has 0 aliphatic carbocycles. The lowest BCUT2D eigenvalue weighted by Crippen LogP contribution is -2.09. The third-order valence-corrected chi connectivity index (χ3v) is 5.01. The summed E-state index contributed by atoms with van der Waals surface area (Å²) in [5.74, 6) is 0. The highest BCUT2D eigenvalue weighted by Gasteiger charge is 2.22. The number of hydrogen-bond acceptors (Lipinski definition) is 4. The van der Waals surface area contributed by atoms with E-state index >= 15 is 0 Å². The van der Waals surface area contributed by atoms with Gasteiger partial charge in [-0.1, -0.05) is 32.6 Å². The summed E-state index contributed by atoms with van der Waals surface area (Å²) in [6, 6.07) is 0. The van der Waals surface area contributed by atoms with Gasteiger partial charge in [0.15, 0.2) is 0 Å². The van der Waals surface area contributed by atoms with Crippen molar-refractivity contribution in [3.05, 3.63) is 0 Å². The van der Waals surface area contributed by atoms with E-state index in [1.807, 2.05) is 20.8 Å². The van der Waals surface area contributed by atoms with Crippen LogP contribution < -0.4 is 0 Å². The van der Waals surface area contributed by atoms with Crippen molar-refractivity contribution in [2.24, 2.45) is 0 Å². The van der Waals surface area contributed by atoms with Crippen LogP contribution in [-0.4, -0.2) is 19.3 Å². The maximum atomic E-state index is 5.78. The summed E-state index contributed by atoms with van der Waals surface area (Å²) in [5, 5.41) is 0. The molecule has 0 N–H and O–H groups in total. The van der Waals surface area contributed by atoms with E-state index in [0.29, 0.717) is 13.2 Å². The fourth-order valence-corrected chi connectivity index (χ4v) is 3.99. The monoisotopic (exact) mass is 282 g/mol. The van der Waals surface area contributed by atoms with Gasteiger partial charge in [0, 0.05) is 0 Å². The van der Waals surface area contributed by atoms with Crippen LogP contribution in [0, 0.1) is 0 Å². The van der Waals surface area contributed by atoms with Crippen molar-refractivity contribution in [1.82, 2.24) is 0 Å². The van der Waals surface area contributed by atoms with E-state index in [9.17, 15) is 0 Å². The van der Waals surface area contributed by atoms with Crippen LogP contribution in [0.5, 0.6) is 0 Å². The van der Waals surface area contributed by atoms with Crippen molar-refractivity contribution < 1.29 is 13.6 Å². The van der Waals surface area contributed by atoms with Crippen LogP contribution in [-0.2, 0) is 25.4 Å². The van der Waals surface area contributed by atoms with Crippen LogP contribution >= 0.6 is 6.72 Å². The maximum Gasteiger partial charge on any atom is 0.327 e. The summed E-state index contributed by atoms with van der Waals surface area (Å²) in [6.07, 6.45) is 6.14. The molecule has 0 bridgehead atoms. The van der Waals surface area contributed by atoms with E-state index in [1.165, 1.54) is 25.7 Å². The molecule has 0 saturated heterocycles. The zero-order chi connectivity index (χ0) is 13.1. The maximum absolute atomic E-state index is 5.78. The van der Waals surface area contributed by atoms with Gasteiger partial charge in [0.25, 0.3) is 0 Å². The first-order valence-electron chi connectivity index (χ1n) is 6.65. The SMILES string of the molecule is CCCCCCC(C)OP(=S)(OCC)OCC. The molecular formula is C12H27O3PS. The Hall–Kier alpha value is 0.530. The van der Waals surface area contributed by atoms with Gasteiger partial charge < -0.3 is 13.6 Å². The van der Waals surface area contributed by atoms with E-state index in [-0.39, 0.29) is 6.10 Å². The summed E-state index contributed by atoms with van der Waals surface area (Å²) in [5.41, 5.74) is 0. The van der Waals surface area contributed by atoms with Gasteiger partial charge in [-0.05, 0) is 39.0 Å². The van der Waals surface area contributed by atoms with Gasteiger partial charge in [-0.25, -0.2) is 0 Å². The minimum absolute atomic E-state index is 0.121. The number of unbranched alkanes of at least 4 members (excludes halogenated alkanes) is 3. The first-order valence-corrected chi connectivity index (χ1v) is 9.21. The summed E-state index contributed by atoms with van der Waals surface area (Å²) in [7, 11) is 0. The third-order valence-electron chi connectivity index (χ3n) is 2.35. The van der Waals surface area contributed by atoms with Gasteiger partial charge in [0.05, 0.1) is 19.3 Å². The van der Waals surface area contributed by atoms with Crippen LogP contribution in [0.2, 0.25) is 0 Å². The summed E-state index contributed by atoms with van der Waals surface area (Å²) in [6.45, 7) is 6.67. The molecule has 0 rings (SSSR count). The van der Waals surface area contributed by atoms with E-state index in [0.717, 1.165) is 6.42 Å². The molecule has 1 atom stereocenters. The molecule has 0 aromatic rings. The van der Waals surface area contributed by atoms with E-state index in [4.69, 9.17) is 25.4 Å². The molecule has 5 heteroatoms. The predicted octanol–water partition coefficient (Wildman–Crippen LogP) is 4.66. The van der Waals surface area contributed by atoms with Crippen molar-refractivity contribution in [2.45, 2.75) is 65.9 Å². The van der Waals surface area contributed by atoms with Crippen LogP contribution in [0.4, 0.5) is 0 Å². The van der Waals surface area contributed by atoms with E-state index in [2.05, 4.69) is 6.92 Å². The van der Waals surface area contributed by atoms with E-state index < -0.39 is 6.72 Å². The molecule has 0 aromatic heterocycles. The Morgan fingerprint density at radius 2 is 1.59 bits per heavy atom. The van der Waals surface area contributed by atoms with Crippen molar-refractivity contribution in [3.8, 4) is 0 Å². The Morgan fingerprint density at radius 3 is 2.06 bits per heavy atom. The molecule has 17 heavy (non-hydrogen) atoms. The molecule has 0 spiro atoms. The molecule has 0 amide bonds. The zero-order valence-corrected chi connectivity index (χ0v) is 13.3.